The summed E-state index contributed by atoms with van der Waals surface area (Å²) in [6, 6.07) is -0.118. The molecular weight excluding hydrogens is 785 g/mol. The van der Waals surface area contributed by atoms with E-state index in [1.165, 1.54) is 28.0 Å². The van der Waals surface area contributed by atoms with Gasteiger partial charge >= 0.3 is 6.03 Å². The molecule has 4 saturated heterocycles. The Kier molecular flexibility index (Phi) is 12.6. The van der Waals surface area contributed by atoms with Gasteiger partial charge < -0.3 is 50.8 Å². The van der Waals surface area contributed by atoms with Crippen LogP contribution >= 0.6 is 0 Å². The number of hydrogen-bond acceptors (Lipinski definition) is 9. The third-order valence-corrected chi connectivity index (χ3v) is 11.9. The molecule has 4 fully saturated rings. The number of hydrogen-bond donors (Lipinski definition) is 6. The molecule has 1 aromatic heterocycles. The fraction of sp³-hybridized carbons (Fsp3) is 0.537. The van der Waals surface area contributed by atoms with Crippen LogP contribution in [0, 0.1) is 17.6 Å². The van der Waals surface area contributed by atoms with E-state index in [4.69, 9.17) is 4.74 Å². The van der Waals surface area contributed by atoms with Crippen molar-refractivity contribution in [3.63, 3.8) is 0 Å². The molecule has 0 spiro atoms. The highest BCUT2D eigenvalue weighted by atomic mass is 19.1. The number of aromatic amines is 1. The highest BCUT2D eigenvalue weighted by Crippen LogP contribution is 2.30. The first-order valence-electron chi connectivity index (χ1n) is 20.5. The molecule has 0 radical (unpaired) electrons. The number of benzene rings is 2. The van der Waals surface area contributed by atoms with Crippen molar-refractivity contribution in [1.82, 2.24) is 40.6 Å². The van der Waals surface area contributed by atoms with Crippen LogP contribution in [0.15, 0.2) is 42.7 Å². The molecule has 2 aromatic carbocycles. The van der Waals surface area contributed by atoms with Crippen molar-refractivity contribution in [3.8, 4) is 0 Å². The highest BCUT2D eigenvalue weighted by molar-refractivity contribution is 5.98. The summed E-state index contributed by atoms with van der Waals surface area (Å²) in [4.78, 5) is 95.9. The number of imidazole rings is 1. The summed E-state index contributed by atoms with van der Waals surface area (Å²) in [5, 5.41) is 22.2. The van der Waals surface area contributed by atoms with E-state index in [0.29, 0.717) is 54.9 Å². The van der Waals surface area contributed by atoms with Crippen molar-refractivity contribution in [2.45, 2.75) is 114 Å². The fourth-order valence-corrected chi connectivity index (χ4v) is 8.89. The van der Waals surface area contributed by atoms with E-state index < -0.39 is 102 Å². The van der Waals surface area contributed by atoms with Crippen molar-refractivity contribution >= 4 is 52.3 Å². The molecule has 17 nitrogen and oxygen atoms in total. The molecule has 1 unspecified atom stereocenters. The zero-order chi connectivity index (χ0) is 42.8. The number of carbonyl (C=O) groups is 6. The second kappa shape index (κ2) is 17.9. The van der Waals surface area contributed by atoms with Crippen LogP contribution in [0.1, 0.15) is 64.9 Å². The Balaban J connectivity index is 1.21. The Morgan fingerprint density at radius 2 is 1.63 bits per heavy atom. The van der Waals surface area contributed by atoms with Gasteiger partial charge in [-0.1, -0.05) is 6.92 Å². The quantitative estimate of drug-likeness (QED) is 0.214. The van der Waals surface area contributed by atoms with E-state index in [2.05, 4.69) is 31.2 Å². The lowest BCUT2D eigenvalue weighted by molar-refractivity contribution is -0.181. The van der Waals surface area contributed by atoms with E-state index in [9.17, 15) is 42.7 Å². The van der Waals surface area contributed by atoms with Crippen molar-refractivity contribution in [3.05, 3.63) is 59.9 Å². The third-order valence-electron chi connectivity index (χ3n) is 11.9. The van der Waals surface area contributed by atoms with Crippen LogP contribution in [0.3, 0.4) is 0 Å². The minimum atomic E-state index is -1.65. The monoisotopic (exact) mass is 835 g/mol. The Morgan fingerprint density at radius 3 is 2.40 bits per heavy atom. The Hall–Kier alpha value is -5.69. The van der Waals surface area contributed by atoms with E-state index >= 15 is 0 Å². The van der Waals surface area contributed by atoms with Gasteiger partial charge in [0.2, 0.25) is 29.5 Å². The van der Waals surface area contributed by atoms with Gasteiger partial charge in [-0.25, -0.2) is 18.6 Å². The van der Waals surface area contributed by atoms with E-state index in [1.54, 1.807) is 25.1 Å². The maximum atomic E-state index is 14.8. The summed E-state index contributed by atoms with van der Waals surface area (Å²) in [6.07, 6.45) is 0.855. The second-order valence-corrected chi connectivity index (χ2v) is 16.3. The Bertz CT molecular complexity index is 2120. The van der Waals surface area contributed by atoms with Crippen LogP contribution < -0.4 is 21.3 Å². The fourth-order valence-electron chi connectivity index (χ4n) is 8.89. The molecule has 7 rings (SSSR count). The van der Waals surface area contributed by atoms with Crippen LogP contribution in [0.4, 0.5) is 19.3 Å². The second-order valence-electron chi connectivity index (χ2n) is 16.3. The largest absolute Gasteiger partial charge is 0.366 e. The molecule has 9 atom stereocenters. The number of H-pyrrole nitrogens is 1. The lowest BCUT2D eigenvalue weighted by Crippen LogP contribution is -2.63. The molecule has 0 saturated carbocycles. The number of nitrogens with zero attached hydrogens (tertiary/aromatic N) is 4. The predicted octanol–water partition coefficient (Wildman–Crippen LogP) is 1.91. The van der Waals surface area contributed by atoms with Gasteiger partial charge in [0.1, 0.15) is 41.8 Å². The van der Waals surface area contributed by atoms with Gasteiger partial charge in [-0.05, 0) is 94.2 Å². The molecule has 0 bridgehead atoms. The summed E-state index contributed by atoms with van der Waals surface area (Å²) in [6.45, 7) is 5.56. The number of amides is 7. The van der Waals surface area contributed by atoms with Crippen molar-refractivity contribution in [2.24, 2.45) is 5.92 Å². The molecule has 3 aromatic rings. The van der Waals surface area contributed by atoms with Crippen molar-refractivity contribution < 1.29 is 47.4 Å². The lowest BCUT2D eigenvalue weighted by atomic mass is 9.99. The molecule has 4 aliphatic rings. The number of aromatic nitrogens is 2. The Morgan fingerprint density at radius 1 is 0.917 bits per heavy atom. The SMILES string of the molecule is C[C@@H]1C[C@H]2C(O)O[C@@H](C)[C@H](NC(=O)[C@H](Cc3cc(F)cc(F)c3)NC(=O)Nc3ccc4[nH]cnc4c3)C(=O)N3CCC[C@H]3C(=O)N3CCCC[C@H]3C(=O)N[C@@H](C)C(=O)N2C1. The first-order chi connectivity index (χ1) is 28.7. The number of aliphatic hydroxyl groups excluding tert-OH is 1. The van der Waals surface area contributed by atoms with Crippen LogP contribution in [0.2, 0.25) is 0 Å². The molecule has 4 aliphatic heterocycles. The summed E-state index contributed by atoms with van der Waals surface area (Å²) in [7, 11) is 0. The molecule has 0 aliphatic carbocycles. The number of piperidine rings is 1. The first-order valence-corrected chi connectivity index (χ1v) is 20.5. The Labute approximate surface area is 344 Å². The maximum Gasteiger partial charge on any atom is 0.319 e. The van der Waals surface area contributed by atoms with Crippen molar-refractivity contribution in [1.29, 1.82) is 0 Å². The van der Waals surface area contributed by atoms with Crippen LogP contribution in [-0.4, -0.2) is 134 Å². The summed E-state index contributed by atoms with van der Waals surface area (Å²) < 4.78 is 34.9. The van der Waals surface area contributed by atoms with E-state index in [1.807, 2.05) is 6.92 Å². The normalized spacial score (nSPS) is 28.5. The highest BCUT2D eigenvalue weighted by Gasteiger charge is 2.47. The molecule has 60 heavy (non-hydrogen) atoms. The summed E-state index contributed by atoms with van der Waals surface area (Å²) in [5.41, 5.74) is 1.62. The predicted molar refractivity (Wildman–Crippen MR) is 212 cm³/mol. The molecule has 19 heteroatoms. The minimum absolute atomic E-state index is 0.0228. The molecular formula is C41H51F2N9O8. The molecule has 7 amide bonds. The van der Waals surface area contributed by atoms with Crippen LogP contribution in [0.5, 0.6) is 0 Å². The molecule has 6 N–H and O–H groups in total. The topological polar surface area (TPSA) is 218 Å². The number of ether oxygens (including phenoxy) is 1. The standard InChI is InChI=1S/C41H51F2N9O8/c1-21-13-33-40(58)60-23(3)34(39(57)51-12-6-8-32(51)38(56)50-11-5-4-7-31(50)36(54)46-22(2)37(55)52(33)19-21)49-35(53)30(16-24-14-25(42)17-26(43)15-24)48-41(59)47-27-9-10-28-29(18-27)45-20-44-28/h9-10,14-15,17-18,20-23,30-34,40,58H,4-8,11-13,16,19H2,1-3H3,(H,44,45)(H,46,54)(H,49,53)(H2,47,48,59)/t21-,22+,23+,30+,31+,32+,33+,34+,40?/m1/s1. The van der Waals surface area contributed by atoms with Gasteiger partial charge in [0.15, 0.2) is 6.29 Å². The zero-order valence-corrected chi connectivity index (χ0v) is 33.7. The summed E-state index contributed by atoms with van der Waals surface area (Å²) in [5.74, 6) is -4.94. The number of nitrogens with one attached hydrogen (secondary N) is 5. The van der Waals surface area contributed by atoms with Gasteiger partial charge in [0.25, 0.3) is 0 Å². The number of rotatable bonds is 6. The van der Waals surface area contributed by atoms with Gasteiger partial charge in [0, 0.05) is 37.8 Å². The number of carbonyl (C=O) groups excluding carboxylic acids is 6. The lowest BCUT2D eigenvalue weighted by Gasteiger charge is -2.40. The van der Waals surface area contributed by atoms with E-state index in [0.717, 1.165) is 12.1 Å². The van der Waals surface area contributed by atoms with E-state index in [-0.39, 0.29) is 37.5 Å². The zero-order valence-electron chi connectivity index (χ0n) is 33.7. The third kappa shape index (κ3) is 9.21. The number of halogens is 2. The first kappa shape index (κ1) is 42.4. The number of aliphatic hydroxyl groups is 1. The van der Waals surface area contributed by atoms with Gasteiger partial charge in [-0.15, -0.1) is 0 Å². The van der Waals surface area contributed by atoms with Gasteiger partial charge in [0.05, 0.1) is 29.5 Å². The summed E-state index contributed by atoms with van der Waals surface area (Å²) >= 11 is 0. The minimum Gasteiger partial charge on any atom is -0.366 e. The average Bonchev–Trinajstić information content (AvgIpc) is 3.98. The van der Waals surface area contributed by atoms with Crippen molar-refractivity contribution in [2.75, 3.05) is 25.0 Å². The number of anilines is 1. The van der Waals surface area contributed by atoms with Gasteiger partial charge in [-0.3, -0.25) is 24.0 Å². The number of urea groups is 1. The smallest absolute Gasteiger partial charge is 0.319 e. The van der Waals surface area contributed by atoms with Crippen LogP contribution in [0.25, 0.3) is 11.0 Å². The average molecular weight is 836 g/mol. The van der Waals surface area contributed by atoms with Crippen LogP contribution in [-0.2, 0) is 35.1 Å². The maximum absolute atomic E-state index is 14.8. The molecule has 322 valence electrons. The number of fused-ring (bicyclic) bond motifs is 4. The molecule has 5 heterocycles. The van der Waals surface area contributed by atoms with Gasteiger partial charge in [-0.2, -0.15) is 0 Å².